The third-order valence-electron chi connectivity index (χ3n) is 6.03. The molecule has 2 N–H and O–H groups in total. The van der Waals surface area contributed by atoms with Crippen LogP contribution < -0.4 is 15.5 Å². The van der Waals surface area contributed by atoms with Crippen LogP contribution in [0.1, 0.15) is 23.3 Å². The molecule has 34 heavy (non-hydrogen) atoms. The zero-order valence-electron chi connectivity index (χ0n) is 19.0. The minimum atomic E-state index is -0.0851. The van der Waals surface area contributed by atoms with Crippen LogP contribution in [0.4, 0.5) is 5.69 Å². The summed E-state index contributed by atoms with van der Waals surface area (Å²) in [4.78, 5) is 15.2. The van der Waals surface area contributed by atoms with E-state index in [9.17, 15) is 4.79 Å². The molecule has 1 aliphatic rings. The number of ether oxygens (including phenoxy) is 1. The topological polar surface area (TPSA) is 59.3 Å². The Morgan fingerprint density at radius 3 is 2.71 bits per heavy atom. The lowest BCUT2D eigenvalue weighted by molar-refractivity contribution is -0.491. The number of nitrogens with zero attached hydrogens (tertiary/aromatic N) is 1. The van der Waals surface area contributed by atoms with Gasteiger partial charge in [-0.3, -0.25) is 15.0 Å². The van der Waals surface area contributed by atoms with Crippen molar-refractivity contribution in [2.75, 3.05) is 13.6 Å². The minimum absolute atomic E-state index is 0.0851. The number of benzene rings is 3. The van der Waals surface area contributed by atoms with E-state index in [4.69, 9.17) is 9.15 Å². The molecule has 1 aromatic heterocycles. The predicted octanol–water partition coefficient (Wildman–Crippen LogP) is 5.21. The lowest BCUT2D eigenvalue weighted by Gasteiger charge is -2.16. The highest BCUT2D eigenvalue weighted by Crippen LogP contribution is 2.27. The molecule has 5 rings (SSSR count). The van der Waals surface area contributed by atoms with Gasteiger partial charge in [-0.05, 0) is 49.4 Å². The largest absolute Gasteiger partial charge is 0.488 e. The second-order valence-corrected chi connectivity index (χ2v) is 9.47. The van der Waals surface area contributed by atoms with Crippen molar-refractivity contribution in [3.05, 3.63) is 111 Å². The Balaban J connectivity index is 1.26. The number of para-hydroxylation sites is 1. The van der Waals surface area contributed by atoms with Crippen molar-refractivity contribution in [3.8, 4) is 5.75 Å². The molecule has 0 spiro atoms. The first-order valence-corrected chi connectivity index (χ1v) is 12.1. The number of fused-ring (bicyclic) bond motifs is 2. The number of halogens is 1. The summed E-state index contributed by atoms with van der Waals surface area (Å²) in [5.41, 5.74) is 5.42. The van der Waals surface area contributed by atoms with Crippen LogP contribution in [-0.4, -0.2) is 18.5 Å². The summed E-state index contributed by atoms with van der Waals surface area (Å²) in [6, 6.07) is 23.5. The molecule has 0 fully saturated rings. The second-order valence-electron chi connectivity index (χ2n) is 8.55. The van der Waals surface area contributed by atoms with Gasteiger partial charge in [0.2, 0.25) is 0 Å². The Labute approximate surface area is 206 Å². The summed E-state index contributed by atoms with van der Waals surface area (Å²) in [6.45, 7) is 1.81. The third-order valence-corrected chi connectivity index (χ3v) is 6.56. The Morgan fingerprint density at radius 2 is 1.85 bits per heavy atom. The Morgan fingerprint density at radius 1 is 1.03 bits per heavy atom. The number of hydrogen-bond acceptors (Lipinski definition) is 4. The van der Waals surface area contributed by atoms with E-state index in [-0.39, 0.29) is 5.43 Å². The molecular weight excluding hydrogens is 492 g/mol. The van der Waals surface area contributed by atoms with E-state index in [0.29, 0.717) is 35.6 Å². The molecule has 0 atom stereocenters. The lowest BCUT2D eigenvalue weighted by atomic mass is 10.0. The van der Waals surface area contributed by atoms with Crippen LogP contribution in [0.2, 0.25) is 0 Å². The van der Waals surface area contributed by atoms with Crippen molar-refractivity contribution >= 4 is 38.2 Å². The summed E-state index contributed by atoms with van der Waals surface area (Å²) in [5.74, 6) is 1.19. The van der Waals surface area contributed by atoms with E-state index in [0.717, 1.165) is 23.0 Å². The number of nitrogens with two attached hydrogens (primary N) is 1. The number of rotatable bonds is 8. The molecule has 0 saturated heterocycles. The van der Waals surface area contributed by atoms with E-state index < -0.39 is 0 Å². The van der Waals surface area contributed by atoms with Gasteiger partial charge in [0.25, 0.3) is 0 Å². The maximum Gasteiger partial charge on any atom is 0.196 e. The van der Waals surface area contributed by atoms with Crippen molar-refractivity contribution in [1.29, 1.82) is 0 Å². The van der Waals surface area contributed by atoms with Gasteiger partial charge >= 0.3 is 0 Å². The maximum absolute atomic E-state index is 13.0. The average molecular weight is 518 g/mol. The molecule has 5 nitrogen and oxygen atoms in total. The van der Waals surface area contributed by atoms with Crippen LogP contribution in [0, 0.1) is 0 Å². The van der Waals surface area contributed by atoms with Crippen molar-refractivity contribution in [2.24, 2.45) is 0 Å². The highest BCUT2D eigenvalue weighted by Gasteiger charge is 2.18. The fourth-order valence-electron chi connectivity index (χ4n) is 4.26. The SMILES string of the molecule is CN(CCC1=C[NH2+]c2ccccc21)Cc1cc(=O)c2c(OCc3ccc(Br)cc3)cccc2o1. The normalized spacial score (nSPS) is 12.7. The van der Waals surface area contributed by atoms with Crippen LogP contribution in [0.15, 0.2) is 92.7 Å². The van der Waals surface area contributed by atoms with Gasteiger partial charge in [0.1, 0.15) is 41.0 Å². The maximum atomic E-state index is 13.0. The Kier molecular flexibility index (Phi) is 6.63. The van der Waals surface area contributed by atoms with Gasteiger partial charge in [-0.25, -0.2) is 0 Å². The molecular formula is C28H26BrN2O3+. The standard InChI is InChI=1S/C28H25BrN2O3/c1-31(14-13-20-16-30-24-6-3-2-5-23(20)24)17-22-15-25(32)28-26(7-4-8-27(28)34-22)33-18-19-9-11-21(29)12-10-19/h2-12,15-16,30H,13-14,17-18H2,1H3/p+1. The summed E-state index contributed by atoms with van der Waals surface area (Å²) in [6.07, 6.45) is 3.14. The van der Waals surface area contributed by atoms with E-state index in [1.807, 2.05) is 49.5 Å². The van der Waals surface area contributed by atoms with E-state index in [1.165, 1.54) is 16.8 Å². The van der Waals surface area contributed by atoms with E-state index in [2.05, 4.69) is 56.6 Å². The summed E-state index contributed by atoms with van der Waals surface area (Å²) < 4.78 is 13.1. The molecule has 6 heteroatoms. The van der Waals surface area contributed by atoms with Crippen molar-refractivity contribution in [3.63, 3.8) is 0 Å². The summed E-state index contributed by atoms with van der Waals surface area (Å²) >= 11 is 3.44. The smallest absolute Gasteiger partial charge is 0.196 e. The molecule has 172 valence electrons. The van der Waals surface area contributed by atoms with Gasteiger partial charge in [0.05, 0.1) is 6.54 Å². The zero-order chi connectivity index (χ0) is 23.5. The second kappa shape index (κ2) is 9.97. The molecule has 0 saturated carbocycles. The summed E-state index contributed by atoms with van der Waals surface area (Å²) in [5, 5.41) is 2.65. The predicted molar refractivity (Wildman–Crippen MR) is 138 cm³/mol. The number of hydrogen-bond donors (Lipinski definition) is 1. The fraction of sp³-hybridized carbons (Fsp3) is 0.179. The fourth-order valence-corrected chi connectivity index (χ4v) is 4.52. The van der Waals surface area contributed by atoms with Gasteiger partial charge in [-0.1, -0.05) is 46.3 Å². The quantitative estimate of drug-likeness (QED) is 0.326. The summed E-state index contributed by atoms with van der Waals surface area (Å²) in [7, 11) is 2.05. The van der Waals surface area contributed by atoms with E-state index in [1.54, 1.807) is 6.07 Å². The Hall–Kier alpha value is -3.19. The highest BCUT2D eigenvalue weighted by molar-refractivity contribution is 9.10. The third kappa shape index (κ3) is 4.99. The van der Waals surface area contributed by atoms with Crippen LogP contribution in [0.3, 0.4) is 0 Å². The molecule has 3 aromatic carbocycles. The lowest BCUT2D eigenvalue weighted by Crippen LogP contribution is -2.69. The molecule has 0 unspecified atom stereocenters. The number of quaternary nitrogens is 1. The van der Waals surface area contributed by atoms with Crippen LogP contribution >= 0.6 is 15.9 Å². The zero-order valence-corrected chi connectivity index (χ0v) is 20.5. The highest BCUT2D eigenvalue weighted by atomic mass is 79.9. The first-order chi connectivity index (χ1) is 16.6. The van der Waals surface area contributed by atoms with Gasteiger partial charge in [0, 0.05) is 34.3 Å². The first kappa shape index (κ1) is 22.6. The Bertz CT molecular complexity index is 1410. The van der Waals surface area contributed by atoms with Crippen LogP contribution in [-0.2, 0) is 13.2 Å². The van der Waals surface area contributed by atoms with Crippen LogP contribution in [0.25, 0.3) is 16.5 Å². The molecule has 0 radical (unpaired) electrons. The molecule has 4 aromatic rings. The molecule has 0 amide bonds. The molecule has 1 aliphatic heterocycles. The molecule has 0 bridgehead atoms. The van der Waals surface area contributed by atoms with Crippen LogP contribution in [0.5, 0.6) is 5.75 Å². The van der Waals surface area contributed by atoms with Crippen molar-refractivity contribution < 1.29 is 14.5 Å². The van der Waals surface area contributed by atoms with Gasteiger partial charge in [0.15, 0.2) is 5.43 Å². The van der Waals surface area contributed by atoms with Gasteiger partial charge < -0.3 is 9.15 Å². The van der Waals surface area contributed by atoms with Gasteiger partial charge in [-0.2, -0.15) is 0 Å². The minimum Gasteiger partial charge on any atom is -0.488 e. The van der Waals surface area contributed by atoms with Gasteiger partial charge in [-0.15, -0.1) is 0 Å². The molecule has 0 aliphatic carbocycles. The monoisotopic (exact) mass is 517 g/mol. The van der Waals surface area contributed by atoms with Crippen molar-refractivity contribution in [1.82, 2.24) is 4.90 Å². The first-order valence-electron chi connectivity index (χ1n) is 11.3. The van der Waals surface area contributed by atoms with E-state index >= 15 is 0 Å². The average Bonchev–Trinajstić information content (AvgIpc) is 3.25. The van der Waals surface area contributed by atoms with Crippen molar-refractivity contribution in [2.45, 2.75) is 19.6 Å². The molecule has 2 heterocycles.